The highest BCUT2D eigenvalue weighted by molar-refractivity contribution is 14.1. The summed E-state index contributed by atoms with van der Waals surface area (Å²) < 4.78 is 24.2. The average molecular weight is 684 g/mol. The van der Waals surface area contributed by atoms with Crippen LogP contribution in [0, 0.1) is 10.5 Å². The van der Waals surface area contributed by atoms with Gasteiger partial charge in [0, 0.05) is 5.56 Å². The molecule has 4 aromatic rings. The lowest BCUT2D eigenvalue weighted by Gasteiger charge is -2.18. The lowest BCUT2D eigenvalue weighted by Crippen LogP contribution is -2.26. The van der Waals surface area contributed by atoms with Crippen LogP contribution < -0.4 is 19.8 Å². The van der Waals surface area contributed by atoms with Crippen molar-refractivity contribution in [3.05, 3.63) is 79.1 Å². The van der Waals surface area contributed by atoms with Crippen molar-refractivity contribution in [2.75, 3.05) is 20.8 Å². The van der Waals surface area contributed by atoms with Gasteiger partial charge < -0.3 is 18.9 Å². The molecule has 9 nitrogen and oxygen atoms in total. The molecule has 0 aliphatic rings. The maximum atomic E-state index is 13.8. The monoisotopic (exact) mass is 683 g/mol. The minimum atomic E-state index is -0.819. The molecule has 3 aromatic carbocycles. The van der Waals surface area contributed by atoms with Gasteiger partial charge in [-0.2, -0.15) is 9.78 Å². The number of fused-ring (bicyclic) bond motifs is 1. The maximum Gasteiger partial charge on any atom is 0.347 e. The summed E-state index contributed by atoms with van der Waals surface area (Å²) in [5, 5.41) is 5.09. The SMILES string of the molecule is CCOC(=O)[C@@H](C)Oc1c(I)cc(C=Nn2c(-c3cc(C(C)C)c(OC)cc3C)nc3ccccc3c2=O)cc1OC. The van der Waals surface area contributed by atoms with Crippen molar-refractivity contribution in [1.29, 1.82) is 0 Å². The minimum Gasteiger partial charge on any atom is -0.496 e. The third kappa shape index (κ3) is 6.43. The Kier molecular flexibility index (Phi) is 9.87. The Morgan fingerprint density at radius 1 is 1.07 bits per heavy atom. The zero-order chi connectivity index (χ0) is 30.6. The molecule has 0 N–H and O–H groups in total. The Labute approximate surface area is 258 Å². The number of rotatable bonds is 10. The molecule has 0 bridgehead atoms. The second kappa shape index (κ2) is 13.4. The van der Waals surface area contributed by atoms with Gasteiger partial charge in [-0.3, -0.25) is 4.79 Å². The summed E-state index contributed by atoms with van der Waals surface area (Å²) in [5.41, 5.74) is 3.63. The van der Waals surface area contributed by atoms with Crippen LogP contribution in [-0.2, 0) is 9.53 Å². The fourth-order valence-electron chi connectivity index (χ4n) is 4.51. The number of carbonyl (C=O) groups excluding carboxylic acids is 1. The predicted octanol–water partition coefficient (Wildman–Crippen LogP) is 6.33. The van der Waals surface area contributed by atoms with Crippen LogP contribution in [0.15, 0.2) is 58.4 Å². The van der Waals surface area contributed by atoms with E-state index in [1.165, 1.54) is 11.8 Å². The molecule has 0 aliphatic carbocycles. The van der Waals surface area contributed by atoms with Crippen molar-refractivity contribution in [2.45, 2.75) is 46.6 Å². The number of methoxy groups -OCH3 is 2. The van der Waals surface area contributed by atoms with Gasteiger partial charge in [-0.25, -0.2) is 9.78 Å². The number of hydrogen-bond donors (Lipinski definition) is 0. The third-order valence-electron chi connectivity index (χ3n) is 6.68. The van der Waals surface area contributed by atoms with E-state index in [1.54, 1.807) is 45.4 Å². The van der Waals surface area contributed by atoms with Gasteiger partial charge in [0.15, 0.2) is 23.4 Å². The molecule has 1 atom stereocenters. The largest absolute Gasteiger partial charge is 0.496 e. The number of benzene rings is 3. The molecule has 10 heteroatoms. The Balaban J connectivity index is 1.85. The van der Waals surface area contributed by atoms with Crippen LogP contribution in [0.1, 0.15) is 50.3 Å². The van der Waals surface area contributed by atoms with Crippen LogP contribution in [-0.4, -0.2) is 48.8 Å². The predicted molar refractivity (Wildman–Crippen MR) is 172 cm³/mol. The van der Waals surface area contributed by atoms with E-state index in [0.717, 1.165) is 22.4 Å². The number of carbonyl (C=O) groups is 1. The zero-order valence-electron chi connectivity index (χ0n) is 24.7. The summed E-state index contributed by atoms with van der Waals surface area (Å²) in [5.74, 6) is 1.75. The molecule has 1 heterocycles. The average Bonchev–Trinajstić information content (AvgIpc) is 2.97. The highest BCUT2D eigenvalue weighted by Crippen LogP contribution is 2.36. The maximum absolute atomic E-state index is 13.8. The summed E-state index contributed by atoms with van der Waals surface area (Å²) in [6.45, 7) is 9.76. The molecule has 0 spiro atoms. The van der Waals surface area contributed by atoms with Crippen LogP contribution in [0.2, 0.25) is 0 Å². The molecule has 0 fully saturated rings. The number of esters is 1. The summed E-state index contributed by atoms with van der Waals surface area (Å²) in [4.78, 5) is 30.8. The van der Waals surface area contributed by atoms with E-state index in [1.807, 2.05) is 37.3 Å². The molecule has 0 saturated carbocycles. The first kappa shape index (κ1) is 31.0. The molecule has 4 rings (SSSR count). The fraction of sp³-hybridized carbons (Fsp3) is 0.312. The highest BCUT2D eigenvalue weighted by atomic mass is 127. The van der Waals surface area contributed by atoms with Gasteiger partial charge in [0.05, 0.1) is 41.5 Å². The van der Waals surface area contributed by atoms with Crippen LogP contribution in [0.3, 0.4) is 0 Å². The lowest BCUT2D eigenvalue weighted by molar-refractivity contribution is -0.150. The van der Waals surface area contributed by atoms with Crippen molar-refractivity contribution in [1.82, 2.24) is 9.66 Å². The van der Waals surface area contributed by atoms with Crippen molar-refractivity contribution >= 4 is 45.7 Å². The second-order valence-electron chi connectivity index (χ2n) is 9.92. The standard InChI is InChI=1S/C32H34IN3O6/c1-8-41-32(38)20(5)42-29-25(33)14-21(15-28(29)40-7)17-34-36-30(35-26-12-10-9-11-22(26)31(36)37)24-16-23(18(2)3)27(39-6)13-19(24)4/h9-18,20H,8H2,1-7H3/t20-/m1/s1. The number of nitrogens with zero attached hydrogens (tertiary/aromatic N) is 3. The van der Waals surface area contributed by atoms with Gasteiger partial charge >= 0.3 is 5.97 Å². The van der Waals surface area contributed by atoms with Gasteiger partial charge in [0.2, 0.25) is 0 Å². The van der Waals surface area contributed by atoms with Crippen molar-refractivity contribution in [2.24, 2.45) is 5.10 Å². The van der Waals surface area contributed by atoms with Gasteiger partial charge in [-0.05, 0) is 102 Å². The number of hydrogen-bond acceptors (Lipinski definition) is 8. The van der Waals surface area contributed by atoms with Crippen LogP contribution in [0.4, 0.5) is 0 Å². The third-order valence-corrected chi connectivity index (χ3v) is 7.48. The summed E-state index contributed by atoms with van der Waals surface area (Å²) >= 11 is 2.11. The summed E-state index contributed by atoms with van der Waals surface area (Å²) in [7, 11) is 3.17. The number of aromatic nitrogens is 2. The molecule has 1 aromatic heterocycles. The quantitative estimate of drug-likeness (QED) is 0.109. The minimum absolute atomic E-state index is 0.185. The lowest BCUT2D eigenvalue weighted by atomic mass is 9.96. The van der Waals surface area contributed by atoms with E-state index in [4.69, 9.17) is 23.9 Å². The van der Waals surface area contributed by atoms with E-state index in [2.05, 4.69) is 41.5 Å². The first-order valence-corrected chi connectivity index (χ1v) is 14.6. The number of aryl methyl sites for hydroxylation is 1. The van der Waals surface area contributed by atoms with Crippen molar-refractivity contribution < 1.29 is 23.7 Å². The molecule has 0 amide bonds. The number of para-hydroxylation sites is 1. The Hall–Kier alpha value is -3.93. The van der Waals surface area contributed by atoms with Crippen LogP contribution in [0.5, 0.6) is 17.2 Å². The van der Waals surface area contributed by atoms with E-state index in [0.29, 0.717) is 37.4 Å². The molecule has 0 unspecified atom stereocenters. The first-order chi connectivity index (χ1) is 20.1. The molecule has 0 aliphatic heterocycles. The van der Waals surface area contributed by atoms with Crippen molar-refractivity contribution in [3.63, 3.8) is 0 Å². The molecule has 220 valence electrons. The Morgan fingerprint density at radius 3 is 2.45 bits per heavy atom. The van der Waals surface area contributed by atoms with Crippen LogP contribution in [0.25, 0.3) is 22.3 Å². The molecular formula is C32H34IN3O6. The van der Waals surface area contributed by atoms with Crippen LogP contribution >= 0.6 is 22.6 Å². The fourth-order valence-corrected chi connectivity index (χ4v) is 5.26. The second-order valence-corrected chi connectivity index (χ2v) is 11.1. The van der Waals surface area contributed by atoms with E-state index < -0.39 is 12.1 Å². The normalized spacial score (nSPS) is 12.1. The molecular weight excluding hydrogens is 649 g/mol. The molecule has 42 heavy (non-hydrogen) atoms. The van der Waals surface area contributed by atoms with Gasteiger partial charge in [-0.15, -0.1) is 0 Å². The highest BCUT2D eigenvalue weighted by Gasteiger charge is 2.21. The van der Waals surface area contributed by atoms with Gasteiger partial charge in [0.1, 0.15) is 5.75 Å². The van der Waals surface area contributed by atoms with Gasteiger partial charge in [-0.1, -0.05) is 26.0 Å². The van der Waals surface area contributed by atoms with E-state index >= 15 is 0 Å². The Morgan fingerprint density at radius 2 is 1.79 bits per heavy atom. The topological polar surface area (TPSA) is 101 Å². The van der Waals surface area contributed by atoms with E-state index in [-0.39, 0.29) is 18.1 Å². The first-order valence-electron chi connectivity index (χ1n) is 13.5. The molecule has 0 radical (unpaired) electrons. The number of halogens is 1. The molecule has 0 saturated heterocycles. The summed E-state index contributed by atoms with van der Waals surface area (Å²) in [6, 6.07) is 14.8. The smallest absolute Gasteiger partial charge is 0.347 e. The zero-order valence-corrected chi connectivity index (χ0v) is 26.9. The van der Waals surface area contributed by atoms with E-state index in [9.17, 15) is 9.59 Å². The van der Waals surface area contributed by atoms with Crippen molar-refractivity contribution in [3.8, 4) is 28.6 Å². The Bertz CT molecular complexity index is 1710. The number of ether oxygens (including phenoxy) is 4. The van der Waals surface area contributed by atoms with Gasteiger partial charge in [0.25, 0.3) is 5.56 Å². The summed E-state index contributed by atoms with van der Waals surface area (Å²) in [6.07, 6.45) is 0.757.